The molecule has 0 spiro atoms. The fraction of sp³-hybridized carbons (Fsp3) is 0.217. The van der Waals surface area contributed by atoms with Crippen LogP contribution in [-0.4, -0.2) is 45.6 Å². The Hall–Kier alpha value is -3.66. The van der Waals surface area contributed by atoms with Crippen molar-refractivity contribution < 1.29 is 27.4 Å². The summed E-state index contributed by atoms with van der Waals surface area (Å²) in [6, 6.07) is 10.1. The molecule has 0 fully saturated rings. The summed E-state index contributed by atoms with van der Waals surface area (Å²) in [4.78, 5) is 10.1. The standard InChI is InChI=1S/C23H20F4N4O2/c1-30-6-5-14(12-30)21-11-28-19-4-3-16(10-20(19)29-21)31(13-22(32)23(25,26)27)17-7-15(24)8-18(9-17)33-2/h3-12,22,32H,13H2,1-2H3/t22-/m1/s1. The average Bonchev–Trinajstić information content (AvgIpc) is 3.21. The molecule has 172 valence electrons. The Labute approximate surface area is 186 Å². The van der Waals surface area contributed by atoms with E-state index < -0.39 is 24.6 Å². The first-order chi connectivity index (χ1) is 15.6. The Morgan fingerprint density at radius 2 is 1.88 bits per heavy atom. The van der Waals surface area contributed by atoms with Gasteiger partial charge < -0.3 is 19.3 Å². The number of aryl methyl sites for hydroxylation is 1. The monoisotopic (exact) mass is 460 g/mol. The molecule has 0 radical (unpaired) electrons. The maximum atomic E-state index is 14.1. The van der Waals surface area contributed by atoms with E-state index in [1.165, 1.54) is 18.1 Å². The maximum Gasteiger partial charge on any atom is 0.416 e. The number of aromatic nitrogens is 3. The number of alkyl halides is 3. The predicted octanol–water partition coefficient (Wildman–Crippen LogP) is 4.84. The molecule has 2 aromatic heterocycles. The van der Waals surface area contributed by atoms with Crippen LogP contribution in [0.2, 0.25) is 0 Å². The SMILES string of the molecule is COc1cc(F)cc(N(C[C@@H](O)C(F)(F)F)c2ccc3ncc(-c4ccn(C)c4)nc3c2)c1. The van der Waals surface area contributed by atoms with Crippen molar-refractivity contribution in [2.24, 2.45) is 7.05 Å². The molecule has 10 heteroatoms. The van der Waals surface area contributed by atoms with E-state index in [4.69, 9.17) is 4.74 Å². The molecule has 0 unspecified atom stereocenters. The predicted molar refractivity (Wildman–Crippen MR) is 116 cm³/mol. The maximum absolute atomic E-state index is 14.1. The number of hydrogen-bond donors (Lipinski definition) is 1. The molecule has 4 aromatic rings. The van der Waals surface area contributed by atoms with Gasteiger partial charge in [-0.15, -0.1) is 0 Å². The summed E-state index contributed by atoms with van der Waals surface area (Å²) in [7, 11) is 3.19. The molecule has 6 nitrogen and oxygen atoms in total. The van der Waals surface area contributed by atoms with Crippen molar-refractivity contribution in [3.05, 3.63) is 66.9 Å². The molecule has 1 N–H and O–H groups in total. The number of nitrogens with zero attached hydrogens (tertiary/aromatic N) is 4. The van der Waals surface area contributed by atoms with Crippen LogP contribution in [0.5, 0.6) is 5.75 Å². The van der Waals surface area contributed by atoms with Gasteiger partial charge in [0.1, 0.15) is 11.6 Å². The van der Waals surface area contributed by atoms with Crippen molar-refractivity contribution in [3.63, 3.8) is 0 Å². The van der Waals surface area contributed by atoms with Crippen LogP contribution in [0.1, 0.15) is 0 Å². The van der Waals surface area contributed by atoms with Crippen molar-refractivity contribution >= 4 is 22.4 Å². The zero-order valence-electron chi connectivity index (χ0n) is 17.7. The highest BCUT2D eigenvalue weighted by Crippen LogP contribution is 2.33. The van der Waals surface area contributed by atoms with Gasteiger partial charge in [-0.3, -0.25) is 4.98 Å². The highest BCUT2D eigenvalue weighted by Gasteiger charge is 2.39. The number of ether oxygens (including phenoxy) is 1. The Kier molecular flexibility index (Phi) is 5.94. The fourth-order valence-corrected chi connectivity index (χ4v) is 3.42. The molecule has 33 heavy (non-hydrogen) atoms. The van der Waals surface area contributed by atoms with Crippen molar-refractivity contribution in [2.75, 3.05) is 18.6 Å². The molecular weight excluding hydrogens is 440 g/mol. The van der Waals surface area contributed by atoms with E-state index in [1.54, 1.807) is 24.4 Å². The smallest absolute Gasteiger partial charge is 0.416 e. The van der Waals surface area contributed by atoms with Crippen LogP contribution in [-0.2, 0) is 7.05 Å². The molecule has 0 bridgehead atoms. The van der Waals surface area contributed by atoms with Gasteiger partial charge in [-0.2, -0.15) is 13.2 Å². The lowest BCUT2D eigenvalue weighted by Gasteiger charge is -2.28. The summed E-state index contributed by atoms with van der Waals surface area (Å²) in [5.41, 5.74) is 2.75. The third kappa shape index (κ3) is 4.90. The van der Waals surface area contributed by atoms with E-state index >= 15 is 0 Å². The Balaban J connectivity index is 1.81. The average molecular weight is 460 g/mol. The molecule has 0 saturated heterocycles. The van der Waals surface area contributed by atoms with E-state index in [0.717, 1.165) is 17.7 Å². The Bertz CT molecular complexity index is 1290. The molecular formula is C23H20F4N4O2. The Morgan fingerprint density at radius 1 is 1.09 bits per heavy atom. The number of fused-ring (bicyclic) bond motifs is 1. The van der Waals surface area contributed by atoms with E-state index in [2.05, 4.69) is 9.97 Å². The van der Waals surface area contributed by atoms with Crippen LogP contribution >= 0.6 is 0 Å². The van der Waals surface area contributed by atoms with Gasteiger partial charge in [0.25, 0.3) is 0 Å². The normalized spacial score (nSPS) is 12.7. The van der Waals surface area contributed by atoms with Crippen molar-refractivity contribution in [1.29, 1.82) is 0 Å². The third-order valence-corrected chi connectivity index (χ3v) is 5.10. The van der Waals surface area contributed by atoms with Crippen molar-refractivity contribution in [3.8, 4) is 17.0 Å². The first-order valence-corrected chi connectivity index (χ1v) is 9.90. The van der Waals surface area contributed by atoms with Crippen molar-refractivity contribution in [1.82, 2.24) is 14.5 Å². The molecule has 1 atom stereocenters. The zero-order valence-corrected chi connectivity index (χ0v) is 17.7. The number of halogens is 4. The second-order valence-electron chi connectivity index (χ2n) is 7.51. The number of methoxy groups -OCH3 is 1. The van der Waals surface area contributed by atoms with E-state index in [9.17, 15) is 22.7 Å². The van der Waals surface area contributed by atoms with Gasteiger partial charge >= 0.3 is 6.18 Å². The van der Waals surface area contributed by atoms with Gasteiger partial charge in [-0.1, -0.05) is 0 Å². The fourth-order valence-electron chi connectivity index (χ4n) is 3.42. The molecule has 2 aromatic carbocycles. The minimum Gasteiger partial charge on any atom is -0.497 e. The topological polar surface area (TPSA) is 63.4 Å². The highest BCUT2D eigenvalue weighted by atomic mass is 19.4. The van der Waals surface area contributed by atoms with Crippen LogP contribution in [0.25, 0.3) is 22.3 Å². The number of aliphatic hydroxyl groups excluding tert-OH is 1. The summed E-state index contributed by atoms with van der Waals surface area (Å²) >= 11 is 0. The summed E-state index contributed by atoms with van der Waals surface area (Å²) in [6.45, 7) is -0.854. The lowest BCUT2D eigenvalue weighted by molar-refractivity contribution is -0.199. The van der Waals surface area contributed by atoms with Gasteiger partial charge in [-0.25, -0.2) is 9.37 Å². The van der Waals surface area contributed by atoms with E-state index in [0.29, 0.717) is 16.7 Å². The lowest BCUT2D eigenvalue weighted by Crippen LogP contribution is -2.39. The number of benzene rings is 2. The van der Waals surface area contributed by atoms with Crippen LogP contribution in [0.3, 0.4) is 0 Å². The molecule has 4 rings (SSSR count). The van der Waals surface area contributed by atoms with E-state index in [1.807, 2.05) is 30.1 Å². The first-order valence-electron chi connectivity index (χ1n) is 9.90. The molecule has 0 aliphatic rings. The van der Waals surface area contributed by atoms with Gasteiger partial charge in [-0.05, 0) is 30.3 Å². The minimum absolute atomic E-state index is 0.0849. The summed E-state index contributed by atoms with van der Waals surface area (Å²) in [5, 5.41) is 9.76. The number of anilines is 2. The van der Waals surface area contributed by atoms with Gasteiger partial charge in [0.05, 0.1) is 36.6 Å². The van der Waals surface area contributed by atoms with E-state index in [-0.39, 0.29) is 17.1 Å². The second-order valence-corrected chi connectivity index (χ2v) is 7.51. The zero-order chi connectivity index (χ0) is 23.8. The van der Waals surface area contributed by atoms with Gasteiger partial charge in [0, 0.05) is 48.5 Å². The summed E-state index contributed by atoms with van der Waals surface area (Å²) in [5.74, 6) is -0.564. The number of hydrogen-bond acceptors (Lipinski definition) is 5. The quantitative estimate of drug-likeness (QED) is 0.417. The third-order valence-electron chi connectivity index (χ3n) is 5.10. The Morgan fingerprint density at radius 3 is 2.55 bits per heavy atom. The summed E-state index contributed by atoms with van der Waals surface area (Å²) < 4.78 is 60.5. The van der Waals surface area contributed by atoms with Crippen LogP contribution in [0.4, 0.5) is 28.9 Å². The lowest BCUT2D eigenvalue weighted by atomic mass is 10.1. The number of aliphatic hydroxyl groups is 1. The molecule has 0 aliphatic carbocycles. The van der Waals surface area contributed by atoms with Crippen LogP contribution in [0, 0.1) is 5.82 Å². The molecule has 0 amide bonds. The second kappa shape index (κ2) is 8.70. The van der Waals surface area contributed by atoms with Gasteiger partial charge in [0.15, 0.2) is 6.10 Å². The van der Waals surface area contributed by atoms with Crippen molar-refractivity contribution in [2.45, 2.75) is 12.3 Å². The minimum atomic E-state index is -4.85. The highest BCUT2D eigenvalue weighted by molar-refractivity contribution is 5.82. The molecule has 0 aliphatic heterocycles. The van der Waals surface area contributed by atoms with Crippen LogP contribution in [0.15, 0.2) is 61.1 Å². The first kappa shape index (κ1) is 22.5. The summed E-state index contributed by atoms with van der Waals surface area (Å²) in [6.07, 6.45) is -2.18. The van der Waals surface area contributed by atoms with Gasteiger partial charge in [0.2, 0.25) is 0 Å². The van der Waals surface area contributed by atoms with Crippen LogP contribution < -0.4 is 9.64 Å². The largest absolute Gasteiger partial charge is 0.497 e. The molecule has 0 saturated carbocycles. The molecule has 2 heterocycles. The number of rotatable bonds is 6.